The van der Waals surface area contributed by atoms with E-state index in [2.05, 4.69) is 17.0 Å². The largest absolute Gasteiger partial charge is 0.462 e. The molecule has 1 aromatic carbocycles. The average molecular weight is 369 g/mol. The second kappa shape index (κ2) is 8.76. The molecule has 0 fully saturated rings. The summed E-state index contributed by atoms with van der Waals surface area (Å²) >= 11 is 1.53. The predicted molar refractivity (Wildman–Crippen MR) is 104 cm³/mol. The van der Waals surface area contributed by atoms with E-state index >= 15 is 0 Å². The van der Waals surface area contributed by atoms with Crippen LogP contribution in [0.5, 0.6) is 6.01 Å². The molecule has 1 unspecified atom stereocenters. The number of carbonyl (C=O) groups excluding carboxylic acids is 1. The van der Waals surface area contributed by atoms with E-state index < -0.39 is 0 Å². The summed E-state index contributed by atoms with van der Waals surface area (Å²) in [6.07, 6.45) is 2.65. The molecular weight excluding hydrogens is 346 g/mol. The summed E-state index contributed by atoms with van der Waals surface area (Å²) in [5, 5.41) is 6.34. The van der Waals surface area contributed by atoms with Gasteiger partial charge in [-0.25, -0.2) is 0 Å². The van der Waals surface area contributed by atoms with Gasteiger partial charge in [-0.2, -0.15) is 9.67 Å². The number of hydrogen-bond donors (Lipinski definition) is 0. The third kappa shape index (κ3) is 4.02. The number of hydrogen-bond acceptors (Lipinski definition) is 5. The highest BCUT2D eigenvalue weighted by atomic mass is 32.1. The highest BCUT2D eigenvalue weighted by Gasteiger charge is 2.26. The van der Waals surface area contributed by atoms with Gasteiger partial charge >= 0.3 is 6.01 Å². The average Bonchev–Trinajstić information content (AvgIpc) is 3.33. The molecule has 3 rings (SSSR count). The molecule has 6 heteroatoms. The zero-order valence-electron chi connectivity index (χ0n) is 15.1. The Labute approximate surface area is 157 Å². The molecule has 26 heavy (non-hydrogen) atoms. The van der Waals surface area contributed by atoms with Gasteiger partial charge in [0.2, 0.25) is 0 Å². The van der Waals surface area contributed by atoms with Crippen LogP contribution in [-0.2, 0) is 0 Å². The van der Waals surface area contributed by atoms with Crippen LogP contribution in [0, 0.1) is 0 Å². The van der Waals surface area contributed by atoms with Crippen molar-refractivity contribution >= 4 is 17.2 Å². The lowest BCUT2D eigenvalue weighted by Gasteiger charge is -2.14. The number of aromatic nitrogens is 3. The third-order valence-corrected chi connectivity index (χ3v) is 5.04. The molecule has 0 spiro atoms. The molecule has 3 aromatic rings. The number of benzene rings is 1. The molecule has 1 atom stereocenters. The van der Waals surface area contributed by atoms with Crippen LogP contribution in [0.3, 0.4) is 0 Å². The molecule has 5 nitrogen and oxygen atoms in total. The maximum atomic E-state index is 13.2. The van der Waals surface area contributed by atoms with Gasteiger partial charge in [-0.1, -0.05) is 56.7 Å². The van der Waals surface area contributed by atoms with E-state index in [1.165, 1.54) is 16.0 Å². The van der Waals surface area contributed by atoms with Crippen LogP contribution in [-0.4, -0.2) is 27.3 Å². The third-order valence-electron chi connectivity index (χ3n) is 4.18. The fourth-order valence-corrected chi connectivity index (χ4v) is 3.47. The molecule has 136 valence electrons. The summed E-state index contributed by atoms with van der Waals surface area (Å²) in [5.41, 5.74) is 0.987. The van der Waals surface area contributed by atoms with Crippen LogP contribution >= 0.6 is 11.3 Å². The van der Waals surface area contributed by atoms with Crippen molar-refractivity contribution in [3.05, 3.63) is 53.4 Å². The van der Waals surface area contributed by atoms with Crippen LogP contribution in [0.1, 0.15) is 49.4 Å². The number of carbonyl (C=O) groups is 1. The SMILES string of the molecule is CCCCOc1nc(-c2cccs2)n(C(=O)C(CC)c2ccccc2)n1. The smallest absolute Gasteiger partial charge is 0.336 e. The van der Waals surface area contributed by atoms with Gasteiger partial charge in [0.1, 0.15) is 0 Å². The van der Waals surface area contributed by atoms with Crippen molar-refractivity contribution in [3.63, 3.8) is 0 Å². The summed E-state index contributed by atoms with van der Waals surface area (Å²) < 4.78 is 7.06. The van der Waals surface area contributed by atoms with Gasteiger partial charge in [-0.05, 0) is 29.9 Å². The van der Waals surface area contributed by atoms with E-state index in [4.69, 9.17) is 4.74 Å². The van der Waals surface area contributed by atoms with Gasteiger partial charge in [0.05, 0.1) is 17.4 Å². The maximum Gasteiger partial charge on any atom is 0.336 e. The van der Waals surface area contributed by atoms with Gasteiger partial charge in [-0.3, -0.25) is 4.79 Å². The van der Waals surface area contributed by atoms with E-state index in [9.17, 15) is 4.79 Å². The van der Waals surface area contributed by atoms with Crippen molar-refractivity contribution < 1.29 is 9.53 Å². The van der Waals surface area contributed by atoms with Gasteiger partial charge in [-0.15, -0.1) is 16.4 Å². The lowest BCUT2D eigenvalue weighted by atomic mass is 9.96. The first-order chi connectivity index (χ1) is 12.7. The van der Waals surface area contributed by atoms with Gasteiger partial charge < -0.3 is 4.74 Å². The van der Waals surface area contributed by atoms with Crippen molar-refractivity contribution in [2.45, 2.75) is 39.0 Å². The Balaban J connectivity index is 1.95. The van der Waals surface area contributed by atoms with Crippen LogP contribution < -0.4 is 4.74 Å². The first kappa shape index (κ1) is 18.3. The quantitative estimate of drug-likeness (QED) is 0.523. The Morgan fingerprint density at radius 1 is 1.19 bits per heavy atom. The van der Waals surface area contributed by atoms with Gasteiger partial charge in [0, 0.05) is 0 Å². The molecule has 0 aliphatic carbocycles. The monoisotopic (exact) mass is 369 g/mol. The van der Waals surface area contributed by atoms with Crippen LogP contribution in [0.15, 0.2) is 47.8 Å². The minimum absolute atomic E-state index is 0.0834. The topological polar surface area (TPSA) is 57.0 Å². The zero-order chi connectivity index (χ0) is 18.4. The zero-order valence-corrected chi connectivity index (χ0v) is 15.9. The Bertz CT molecular complexity index is 828. The number of nitrogens with zero attached hydrogens (tertiary/aromatic N) is 3. The van der Waals surface area contributed by atoms with E-state index in [0.29, 0.717) is 18.9 Å². The Hall–Kier alpha value is -2.47. The number of rotatable bonds is 8. The molecule has 2 aromatic heterocycles. The lowest BCUT2D eigenvalue weighted by molar-refractivity contribution is 0.0858. The minimum atomic E-state index is -0.264. The second-order valence-electron chi connectivity index (χ2n) is 6.02. The highest BCUT2D eigenvalue weighted by Crippen LogP contribution is 2.28. The van der Waals surface area contributed by atoms with Crippen molar-refractivity contribution in [2.75, 3.05) is 6.61 Å². The molecule has 0 saturated carbocycles. The predicted octanol–water partition coefficient (Wildman–Crippen LogP) is 5.02. The van der Waals surface area contributed by atoms with E-state index in [0.717, 1.165) is 23.3 Å². The Morgan fingerprint density at radius 2 is 2.00 bits per heavy atom. The molecular formula is C20H23N3O2S. The van der Waals surface area contributed by atoms with Crippen molar-refractivity contribution in [1.82, 2.24) is 14.8 Å². The summed E-state index contributed by atoms with van der Waals surface area (Å²) in [6, 6.07) is 14.0. The van der Waals surface area contributed by atoms with Gasteiger partial charge in [0.15, 0.2) is 5.82 Å². The molecule has 0 saturated heterocycles. The normalized spacial score (nSPS) is 12.1. The van der Waals surface area contributed by atoms with E-state index in [1.807, 2.05) is 54.8 Å². The molecule has 0 N–H and O–H groups in total. The van der Waals surface area contributed by atoms with Gasteiger partial charge in [0.25, 0.3) is 5.91 Å². The summed E-state index contributed by atoms with van der Waals surface area (Å²) in [4.78, 5) is 18.6. The molecule has 0 amide bonds. The van der Waals surface area contributed by atoms with Crippen molar-refractivity contribution in [2.24, 2.45) is 0 Å². The van der Waals surface area contributed by atoms with Crippen molar-refractivity contribution in [1.29, 1.82) is 0 Å². The van der Waals surface area contributed by atoms with E-state index in [1.54, 1.807) is 0 Å². The summed E-state index contributed by atoms with van der Waals surface area (Å²) in [6.45, 7) is 4.66. The maximum absolute atomic E-state index is 13.2. The number of thiophene rings is 1. The van der Waals surface area contributed by atoms with Crippen LogP contribution in [0.25, 0.3) is 10.7 Å². The van der Waals surface area contributed by atoms with Crippen molar-refractivity contribution in [3.8, 4) is 16.7 Å². The molecule has 2 heterocycles. The number of ether oxygens (including phenoxy) is 1. The Morgan fingerprint density at radius 3 is 2.65 bits per heavy atom. The summed E-state index contributed by atoms with van der Waals surface area (Å²) in [5.74, 6) is 0.200. The Kier molecular flexibility index (Phi) is 6.17. The highest BCUT2D eigenvalue weighted by molar-refractivity contribution is 7.13. The first-order valence-electron chi connectivity index (χ1n) is 8.97. The fourth-order valence-electron chi connectivity index (χ4n) is 2.77. The lowest BCUT2D eigenvalue weighted by Crippen LogP contribution is -2.22. The molecule has 0 radical (unpaired) electrons. The molecule has 0 bridgehead atoms. The molecule has 0 aliphatic rings. The fraction of sp³-hybridized carbons (Fsp3) is 0.350. The standard InChI is InChI=1S/C20H23N3O2S/c1-3-5-13-25-20-21-18(17-12-9-14-26-17)23(22-20)19(24)16(4-2)15-10-7-6-8-11-15/h6-12,14,16H,3-5,13H2,1-2H3. The van der Waals surface area contributed by atoms with Crippen LogP contribution in [0.2, 0.25) is 0 Å². The second-order valence-corrected chi connectivity index (χ2v) is 6.97. The van der Waals surface area contributed by atoms with E-state index in [-0.39, 0.29) is 17.8 Å². The summed E-state index contributed by atoms with van der Waals surface area (Å²) in [7, 11) is 0. The van der Waals surface area contributed by atoms with Crippen LogP contribution in [0.4, 0.5) is 0 Å². The first-order valence-corrected chi connectivity index (χ1v) is 9.85. The molecule has 0 aliphatic heterocycles. The number of unbranched alkanes of at least 4 members (excludes halogenated alkanes) is 1. The minimum Gasteiger partial charge on any atom is -0.462 e.